The molecular weight excluding hydrogens is 216 g/mol. The Balaban J connectivity index is 2.17. The van der Waals surface area contributed by atoms with Crippen LogP contribution in [0.1, 0.15) is 16.2 Å². The Bertz CT molecular complexity index is 469. The van der Waals surface area contributed by atoms with Crippen molar-refractivity contribution in [2.75, 3.05) is 0 Å². The Morgan fingerprint density at radius 1 is 1.53 bits per heavy atom. The highest BCUT2D eigenvalue weighted by Crippen LogP contribution is 2.14. The first-order valence-corrected chi connectivity index (χ1v) is 4.62. The van der Waals surface area contributed by atoms with E-state index in [9.17, 15) is 4.79 Å². The van der Waals surface area contributed by atoms with E-state index in [0.29, 0.717) is 5.02 Å². The number of nitrogens with one attached hydrogen (secondary N) is 1. The van der Waals surface area contributed by atoms with Crippen LogP contribution in [0.3, 0.4) is 0 Å². The summed E-state index contributed by atoms with van der Waals surface area (Å²) in [6.07, 6.45) is 4.58. The maximum Gasteiger partial charge on any atom is 0.203 e. The number of nitrogens with zero attached hydrogens (tertiary/aromatic N) is 3. The molecule has 0 aliphatic heterocycles. The number of carbonyl (C=O) groups excluding carboxylic acids is 1. The Morgan fingerprint density at radius 2 is 2.40 bits per heavy atom. The molecule has 2 heterocycles. The van der Waals surface area contributed by atoms with Crippen LogP contribution in [0.25, 0.3) is 0 Å². The maximum atomic E-state index is 11.6. The number of rotatable bonds is 3. The molecule has 0 bridgehead atoms. The number of hydrogen-bond acceptors (Lipinski definition) is 4. The lowest BCUT2D eigenvalue weighted by Crippen LogP contribution is -2.06. The maximum absolute atomic E-state index is 11.6. The van der Waals surface area contributed by atoms with Crippen molar-refractivity contribution in [3.05, 3.63) is 41.2 Å². The van der Waals surface area contributed by atoms with Crippen molar-refractivity contribution < 1.29 is 4.79 Å². The molecule has 15 heavy (non-hydrogen) atoms. The van der Waals surface area contributed by atoms with Gasteiger partial charge in [-0.2, -0.15) is 5.10 Å². The van der Waals surface area contributed by atoms with Crippen molar-refractivity contribution in [1.29, 1.82) is 0 Å². The molecule has 0 fully saturated rings. The lowest BCUT2D eigenvalue weighted by molar-refractivity contribution is 0.0983. The number of ketones is 1. The molecule has 0 spiro atoms. The Hall–Kier alpha value is -1.75. The number of aromatic amines is 1. The second-order valence-corrected chi connectivity index (χ2v) is 3.31. The van der Waals surface area contributed by atoms with Gasteiger partial charge in [-0.3, -0.25) is 14.9 Å². The van der Waals surface area contributed by atoms with E-state index in [1.54, 1.807) is 12.3 Å². The van der Waals surface area contributed by atoms with Crippen LogP contribution in [-0.2, 0) is 6.42 Å². The molecule has 1 N–H and O–H groups in total. The number of H-pyrrole nitrogens is 1. The zero-order chi connectivity index (χ0) is 10.7. The Morgan fingerprint density at radius 3 is 3.07 bits per heavy atom. The molecule has 76 valence electrons. The summed E-state index contributed by atoms with van der Waals surface area (Å²) >= 11 is 5.87. The van der Waals surface area contributed by atoms with Crippen molar-refractivity contribution in [3.8, 4) is 0 Å². The fourth-order valence-electron chi connectivity index (χ4n) is 1.14. The zero-order valence-corrected chi connectivity index (χ0v) is 8.40. The summed E-state index contributed by atoms with van der Waals surface area (Å²) in [7, 11) is 0. The molecule has 0 aliphatic rings. The summed E-state index contributed by atoms with van der Waals surface area (Å²) in [5, 5.41) is 6.59. The number of halogens is 1. The van der Waals surface area contributed by atoms with Crippen molar-refractivity contribution in [3.63, 3.8) is 0 Å². The molecule has 6 heteroatoms. The third kappa shape index (κ3) is 2.19. The van der Waals surface area contributed by atoms with Crippen molar-refractivity contribution in [2.24, 2.45) is 0 Å². The number of hydrogen-bond donors (Lipinski definition) is 1. The van der Waals surface area contributed by atoms with E-state index in [1.165, 1.54) is 12.5 Å². The number of aromatic nitrogens is 4. The molecule has 0 amide bonds. The van der Waals surface area contributed by atoms with Gasteiger partial charge in [-0.1, -0.05) is 11.6 Å². The van der Waals surface area contributed by atoms with Gasteiger partial charge < -0.3 is 0 Å². The first-order valence-electron chi connectivity index (χ1n) is 4.24. The highest BCUT2D eigenvalue weighted by atomic mass is 35.5. The van der Waals surface area contributed by atoms with E-state index >= 15 is 0 Å². The summed E-state index contributed by atoms with van der Waals surface area (Å²) in [6, 6.07) is 1.70. The summed E-state index contributed by atoms with van der Waals surface area (Å²) in [5.41, 5.74) is 0.730. The van der Waals surface area contributed by atoms with E-state index in [0.717, 1.165) is 5.56 Å². The van der Waals surface area contributed by atoms with Gasteiger partial charge in [0.05, 0.1) is 5.02 Å². The van der Waals surface area contributed by atoms with Gasteiger partial charge in [-0.25, -0.2) is 4.98 Å². The lowest BCUT2D eigenvalue weighted by Gasteiger charge is -2.00. The number of Topliss-reactive ketones (excluding diaryl/α,β-unsaturated/α-hetero) is 1. The standard InChI is InChI=1S/C9H7ClN4O/c10-7-4-11-2-1-6(7)3-8(15)9-12-5-13-14-9/h1-2,4-5H,3H2,(H,12,13,14). The Labute approximate surface area is 90.5 Å². The van der Waals surface area contributed by atoms with Crippen molar-refractivity contribution in [2.45, 2.75) is 6.42 Å². The van der Waals surface area contributed by atoms with Crippen molar-refractivity contribution >= 4 is 17.4 Å². The molecule has 0 aliphatic carbocycles. The van der Waals surface area contributed by atoms with Crippen LogP contribution in [-0.4, -0.2) is 25.9 Å². The van der Waals surface area contributed by atoms with Gasteiger partial charge in [0.15, 0.2) is 5.82 Å². The van der Waals surface area contributed by atoms with Gasteiger partial charge in [0, 0.05) is 18.8 Å². The van der Waals surface area contributed by atoms with E-state index in [4.69, 9.17) is 11.6 Å². The Kier molecular flexibility index (Phi) is 2.73. The van der Waals surface area contributed by atoms with Gasteiger partial charge in [0.25, 0.3) is 0 Å². The van der Waals surface area contributed by atoms with Crippen LogP contribution >= 0.6 is 11.6 Å². The minimum Gasteiger partial charge on any atom is -0.290 e. The lowest BCUT2D eigenvalue weighted by atomic mass is 10.1. The normalized spacial score (nSPS) is 10.2. The first-order chi connectivity index (χ1) is 7.27. The molecule has 0 unspecified atom stereocenters. The van der Waals surface area contributed by atoms with Gasteiger partial charge in [-0.05, 0) is 11.6 Å². The second-order valence-electron chi connectivity index (χ2n) is 2.90. The second kappa shape index (κ2) is 4.18. The van der Waals surface area contributed by atoms with Crippen LogP contribution in [0.2, 0.25) is 5.02 Å². The van der Waals surface area contributed by atoms with Gasteiger partial charge in [0.2, 0.25) is 5.78 Å². The summed E-state index contributed by atoms with van der Waals surface area (Å²) in [5.74, 6) is 0.0866. The molecule has 2 aromatic rings. The average molecular weight is 223 g/mol. The number of carbonyl (C=O) groups is 1. The first kappa shape index (κ1) is 9.79. The smallest absolute Gasteiger partial charge is 0.203 e. The van der Waals surface area contributed by atoms with Crippen LogP contribution in [0, 0.1) is 0 Å². The third-order valence-electron chi connectivity index (χ3n) is 1.89. The molecule has 0 saturated heterocycles. The number of pyridine rings is 1. The highest BCUT2D eigenvalue weighted by molar-refractivity contribution is 6.31. The summed E-state index contributed by atoms with van der Waals surface area (Å²) < 4.78 is 0. The summed E-state index contributed by atoms with van der Waals surface area (Å²) in [6.45, 7) is 0. The molecule has 0 aromatic carbocycles. The van der Waals surface area contributed by atoms with Crippen molar-refractivity contribution in [1.82, 2.24) is 20.2 Å². The van der Waals surface area contributed by atoms with Gasteiger partial charge >= 0.3 is 0 Å². The van der Waals surface area contributed by atoms with Gasteiger partial charge in [-0.15, -0.1) is 0 Å². The van der Waals surface area contributed by atoms with Gasteiger partial charge in [0.1, 0.15) is 6.33 Å². The van der Waals surface area contributed by atoms with Crippen LogP contribution in [0.4, 0.5) is 0 Å². The highest BCUT2D eigenvalue weighted by Gasteiger charge is 2.11. The quantitative estimate of drug-likeness (QED) is 0.794. The predicted molar refractivity (Wildman–Crippen MR) is 53.7 cm³/mol. The molecular formula is C9H7ClN4O. The van der Waals surface area contributed by atoms with Crippen LogP contribution < -0.4 is 0 Å². The average Bonchev–Trinajstić information content (AvgIpc) is 2.74. The van der Waals surface area contributed by atoms with Crippen LogP contribution in [0.5, 0.6) is 0 Å². The minimum absolute atomic E-state index is 0.152. The largest absolute Gasteiger partial charge is 0.290 e. The topological polar surface area (TPSA) is 71.5 Å². The van der Waals surface area contributed by atoms with E-state index in [1.807, 2.05) is 0 Å². The predicted octanol–water partition coefficient (Wildman–Crippen LogP) is 1.28. The van der Waals surface area contributed by atoms with Crippen LogP contribution in [0.15, 0.2) is 24.8 Å². The third-order valence-corrected chi connectivity index (χ3v) is 2.23. The van der Waals surface area contributed by atoms with E-state index < -0.39 is 0 Å². The monoisotopic (exact) mass is 222 g/mol. The summed E-state index contributed by atoms with van der Waals surface area (Å²) in [4.78, 5) is 19.2. The molecule has 2 aromatic heterocycles. The molecule has 0 atom stereocenters. The minimum atomic E-state index is -0.152. The molecule has 0 radical (unpaired) electrons. The molecule has 5 nitrogen and oxygen atoms in total. The fraction of sp³-hybridized carbons (Fsp3) is 0.111. The van der Waals surface area contributed by atoms with E-state index in [2.05, 4.69) is 20.2 Å². The molecule has 0 saturated carbocycles. The van der Waals surface area contributed by atoms with E-state index in [-0.39, 0.29) is 18.0 Å². The molecule has 2 rings (SSSR count). The SMILES string of the molecule is O=C(Cc1ccncc1Cl)c1ncn[nH]1. The zero-order valence-electron chi connectivity index (χ0n) is 7.64. The fourth-order valence-corrected chi connectivity index (χ4v) is 1.33.